The van der Waals surface area contributed by atoms with Gasteiger partial charge in [0.05, 0.1) is 29.6 Å². The van der Waals surface area contributed by atoms with Crippen molar-refractivity contribution < 1.29 is 24.0 Å². The number of benzene rings is 2. The third kappa shape index (κ3) is 5.47. The molecule has 0 unspecified atom stereocenters. The van der Waals surface area contributed by atoms with Gasteiger partial charge < -0.3 is 9.47 Å². The number of nitrogens with zero attached hydrogens (tertiary/aromatic N) is 2. The minimum atomic E-state index is -0.525. The van der Waals surface area contributed by atoms with E-state index in [0.717, 1.165) is 16.7 Å². The minimum Gasteiger partial charge on any atom is -0.490 e. The molecule has 0 atom stereocenters. The summed E-state index contributed by atoms with van der Waals surface area (Å²) < 4.78 is 11.5. The lowest BCUT2D eigenvalue weighted by atomic mass is 10.1. The number of amides is 2. The van der Waals surface area contributed by atoms with Gasteiger partial charge in [-0.15, -0.1) is 0 Å². The van der Waals surface area contributed by atoms with E-state index in [1.807, 2.05) is 6.92 Å². The van der Waals surface area contributed by atoms with Gasteiger partial charge in [-0.1, -0.05) is 38.1 Å². The Morgan fingerprint density at radius 1 is 1.12 bits per heavy atom. The van der Waals surface area contributed by atoms with Crippen LogP contribution in [0.3, 0.4) is 0 Å². The molecule has 9 heteroatoms. The zero-order valence-corrected chi connectivity index (χ0v) is 18.9. The molecule has 2 aromatic carbocycles. The second-order valence-corrected chi connectivity index (χ2v) is 8.49. The topological polar surface area (TPSA) is 99.0 Å². The van der Waals surface area contributed by atoms with Gasteiger partial charge in [0.25, 0.3) is 16.8 Å². The predicted molar refractivity (Wildman–Crippen MR) is 123 cm³/mol. The van der Waals surface area contributed by atoms with Crippen LogP contribution in [0.2, 0.25) is 0 Å². The first-order chi connectivity index (χ1) is 15.3. The van der Waals surface area contributed by atoms with Crippen molar-refractivity contribution >= 4 is 34.7 Å². The van der Waals surface area contributed by atoms with Gasteiger partial charge in [0.15, 0.2) is 11.5 Å². The monoisotopic (exact) mass is 456 g/mol. The van der Waals surface area contributed by atoms with E-state index >= 15 is 0 Å². The van der Waals surface area contributed by atoms with Crippen molar-refractivity contribution in [2.45, 2.75) is 27.3 Å². The number of hydrogen-bond acceptors (Lipinski definition) is 7. The van der Waals surface area contributed by atoms with Crippen LogP contribution >= 0.6 is 11.8 Å². The van der Waals surface area contributed by atoms with Crippen LogP contribution < -0.4 is 9.47 Å². The minimum absolute atomic E-state index is 0.131. The summed E-state index contributed by atoms with van der Waals surface area (Å²) in [6, 6.07) is 11.4. The van der Waals surface area contributed by atoms with Crippen LogP contribution in [0.15, 0.2) is 47.4 Å². The normalized spacial score (nSPS) is 15.0. The Labute approximate surface area is 190 Å². The van der Waals surface area contributed by atoms with Gasteiger partial charge in [0, 0.05) is 11.6 Å². The maximum Gasteiger partial charge on any atom is 0.293 e. The molecular formula is C23H24N2O6S. The molecule has 3 rings (SSSR count). The highest BCUT2D eigenvalue weighted by Gasteiger charge is 2.36. The van der Waals surface area contributed by atoms with Crippen LogP contribution in [-0.4, -0.2) is 34.2 Å². The fourth-order valence-electron chi connectivity index (χ4n) is 3.04. The summed E-state index contributed by atoms with van der Waals surface area (Å²) in [5.74, 6) is 1.04. The molecule has 32 heavy (non-hydrogen) atoms. The number of hydrogen-bond donors (Lipinski definition) is 0. The van der Waals surface area contributed by atoms with Crippen molar-refractivity contribution in [2.24, 2.45) is 5.92 Å². The van der Waals surface area contributed by atoms with Gasteiger partial charge in [-0.05, 0) is 48.4 Å². The van der Waals surface area contributed by atoms with Crippen LogP contribution in [0, 0.1) is 16.0 Å². The highest BCUT2D eigenvalue weighted by molar-refractivity contribution is 8.18. The van der Waals surface area contributed by atoms with Crippen molar-refractivity contribution in [1.29, 1.82) is 0 Å². The van der Waals surface area contributed by atoms with Gasteiger partial charge in [-0.3, -0.25) is 24.6 Å². The van der Waals surface area contributed by atoms with Crippen molar-refractivity contribution in [3.8, 4) is 11.5 Å². The molecule has 1 heterocycles. The molecule has 1 saturated heterocycles. The van der Waals surface area contributed by atoms with Crippen LogP contribution in [0.25, 0.3) is 6.08 Å². The number of rotatable bonds is 9. The van der Waals surface area contributed by atoms with E-state index in [9.17, 15) is 19.7 Å². The third-order valence-corrected chi connectivity index (χ3v) is 5.44. The summed E-state index contributed by atoms with van der Waals surface area (Å²) >= 11 is 0.804. The summed E-state index contributed by atoms with van der Waals surface area (Å²) in [6.07, 6.45) is 1.61. The Morgan fingerprint density at radius 2 is 1.88 bits per heavy atom. The zero-order valence-electron chi connectivity index (χ0n) is 18.1. The van der Waals surface area contributed by atoms with Gasteiger partial charge in [-0.25, -0.2) is 0 Å². The first-order valence-corrected chi connectivity index (χ1v) is 11.0. The van der Waals surface area contributed by atoms with E-state index < -0.39 is 16.1 Å². The second-order valence-electron chi connectivity index (χ2n) is 7.50. The van der Waals surface area contributed by atoms with Crippen LogP contribution in [0.5, 0.6) is 11.5 Å². The molecule has 0 aromatic heterocycles. The summed E-state index contributed by atoms with van der Waals surface area (Å²) in [4.78, 5) is 37.3. The van der Waals surface area contributed by atoms with E-state index in [4.69, 9.17) is 9.47 Å². The quantitative estimate of drug-likeness (QED) is 0.288. The van der Waals surface area contributed by atoms with Gasteiger partial charge in [0.1, 0.15) is 0 Å². The highest BCUT2D eigenvalue weighted by atomic mass is 32.2. The van der Waals surface area contributed by atoms with Gasteiger partial charge in [0.2, 0.25) is 0 Å². The van der Waals surface area contributed by atoms with Gasteiger partial charge >= 0.3 is 0 Å². The molecule has 1 fully saturated rings. The molecule has 1 aliphatic rings. The number of carbonyl (C=O) groups excluding carboxylic acids is 2. The SMILES string of the molecule is CCOc1cc(/C=C2\SC(=O)N(Cc3ccccc3[N+](=O)[O-])C2=O)ccc1OCC(C)C. The molecule has 168 valence electrons. The van der Waals surface area contributed by atoms with Crippen LogP contribution in [0.1, 0.15) is 31.9 Å². The lowest BCUT2D eigenvalue weighted by Crippen LogP contribution is -2.27. The Kier molecular flexibility index (Phi) is 7.53. The first-order valence-electron chi connectivity index (χ1n) is 10.2. The molecule has 0 N–H and O–H groups in total. The lowest BCUT2D eigenvalue weighted by molar-refractivity contribution is -0.385. The average Bonchev–Trinajstić information content (AvgIpc) is 3.01. The van der Waals surface area contributed by atoms with Crippen molar-refractivity contribution in [3.63, 3.8) is 0 Å². The molecule has 8 nitrogen and oxygen atoms in total. The summed E-state index contributed by atoms with van der Waals surface area (Å²) in [7, 11) is 0. The molecule has 0 aliphatic carbocycles. The largest absolute Gasteiger partial charge is 0.490 e. The van der Waals surface area contributed by atoms with E-state index in [2.05, 4.69) is 13.8 Å². The summed E-state index contributed by atoms with van der Waals surface area (Å²) in [5, 5.41) is 10.8. The van der Waals surface area contributed by atoms with E-state index in [1.54, 1.807) is 36.4 Å². The number of imide groups is 1. The molecule has 2 aromatic rings. The molecule has 1 aliphatic heterocycles. The van der Waals surface area contributed by atoms with Crippen molar-refractivity contribution in [2.75, 3.05) is 13.2 Å². The van der Waals surface area contributed by atoms with E-state index in [1.165, 1.54) is 12.1 Å². The standard InChI is InChI=1S/C23H24N2O6S/c1-4-30-20-11-16(9-10-19(20)31-14-15(2)3)12-21-22(26)24(23(27)32-21)13-17-7-5-6-8-18(17)25(28)29/h5-12,15H,4,13-14H2,1-3H3/b21-12-. The molecule has 0 saturated carbocycles. The maximum absolute atomic E-state index is 12.9. The molecular weight excluding hydrogens is 432 g/mol. The predicted octanol–water partition coefficient (Wildman–Crippen LogP) is 5.26. The Bertz CT molecular complexity index is 1070. The summed E-state index contributed by atoms with van der Waals surface area (Å²) in [6.45, 7) is 6.81. The van der Waals surface area contributed by atoms with E-state index in [0.29, 0.717) is 41.8 Å². The second kappa shape index (κ2) is 10.3. The molecule has 2 amide bonds. The van der Waals surface area contributed by atoms with E-state index in [-0.39, 0.29) is 17.1 Å². The number of thioether (sulfide) groups is 1. The highest BCUT2D eigenvalue weighted by Crippen LogP contribution is 2.36. The van der Waals surface area contributed by atoms with Crippen LogP contribution in [0.4, 0.5) is 10.5 Å². The molecule has 0 bridgehead atoms. The number of nitro benzene ring substituents is 1. The third-order valence-electron chi connectivity index (χ3n) is 4.53. The average molecular weight is 457 g/mol. The number of para-hydroxylation sites is 1. The number of carbonyl (C=O) groups is 2. The Hall–Kier alpha value is -3.33. The number of ether oxygens (including phenoxy) is 2. The fraction of sp³-hybridized carbons (Fsp3) is 0.304. The zero-order chi connectivity index (χ0) is 23.3. The maximum atomic E-state index is 12.9. The molecule has 0 radical (unpaired) electrons. The lowest BCUT2D eigenvalue weighted by Gasteiger charge is -2.14. The Balaban J connectivity index is 1.82. The Morgan fingerprint density at radius 3 is 2.56 bits per heavy atom. The smallest absolute Gasteiger partial charge is 0.293 e. The molecule has 0 spiro atoms. The number of nitro groups is 1. The first kappa shape index (κ1) is 23.3. The van der Waals surface area contributed by atoms with Crippen molar-refractivity contribution in [3.05, 3.63) is 68.6 Å². The fourth-order valence-corrected chi connectivity index (χ4v) is 3.88. The summed E-state index contributed by atoms with van der Waals surface area (Å²) in [5.41, 5.74) is 0.849. The van der Waals surface area contributed by atoms with Crippen LogP contribution in [-0.2, 0) is 11.3 Å². The van der Waals surface area contributed by atoms with Crippen molar-refractivity contribution in [1.82, 2.24) is 4.90 Å². The van der Waals surface area contributed by atoms with Gasteiger partial charge in [-0.2, -0.15) is 0 Å².